The van der Waals surface area contributed by atoms with E-state index in [1.165, 1.54) is 0 Å². The monoisotopic (exact) mass is 293 g/mol. The van der Waals surface area contributed by atoms with Gasteiger partial charge in [-0.2, -0.15) is 0 Å². The fraction of sp³-hybridized carbons (Fsp3) is 0.467. The van der Waals surface area contributed by atoms with Gasteiger partial charge in [-0.1, -0.05) is 12.1 Å². The van der Waals surface area contributed by atoms with Crippen LogP contribution >= 0.6 is 0 Å². The lowest BCUT2D eigenvalue weighted by molar-refractivity contribution is -0.126. The molecule has 21 heavy (non-hydrogen) atoms. The molecule has 6 heteroatoms. The van der Waals surface area contributed by atoms with Crippen LogP contribution in [0.5, 0.6) is 5.75 Å². The molecule has 0 aliphatic carbocycles. The number of likely N-dealkylation sites (N-methyl/N-ethyl adjacent to an activating group) is 1. The number of nitrogens with one attached hydrogen (secondary N) is 1. The van der Waals surface area contributed by atoms with Crippen LogP contribution in [0.15, 0.2) is 24.3 Å². The average Bonchev–Trinajstić information content (AvgIpc) is 2.41. The molecule has 0 heterocycles. The Morgan fingerprint density at radius 2 is 2.14 bits per heavy atom. The van der Waals surface area contributed by atoms with Crippen LogP contribution in [0.3, 0.4) is 0 Å². The van der Waals surface area contributed by atoms with E-state index < -0.39 is 11.9 Å². The van der Waals surface area contributed by atoms with Crippen molar-refractivity contribution in [1.82, 2.24) is 10.2 Å². The molecule has 0 radical (unpaired) electrons. The number of amides is 2. The summed E-state index contributed by atoms with van der Waals surface area (Å²) in [5.41, 5.74) is 6.22. The topological polar surface area (TPSA) is 84.7 Å². The predicted molar refractivity (Wildman–Crippen MR) is 81.0 cm³/mol. The third-order valence-corrected chi connectivity index (χ3v) is 3.11. The van der Waals surface area contributed by atoms with Gasteiger partial charge in [-0.15, -0.1) is 0 Å². The van der Waals surface area contributed by atoms with Gasteiger partial charge in [0.1, 0.15) is 12.4 Å². The zero-order valence-electron chi connectivity index (χ0n) is 12.8. The first-order valence-electron chi connectivity index (χ1n) is 6.86. The fourth-order valence-corrected chi connectivity index (χ4v) is 1.78. The largest absolute Gasteiger partial charge is 0.492 e. The standard InChI is InChI=1S/C15H23N3O3/c1-11-5-4-6-13(9-11)21-8-7-17-15(20)12(2)18(3)10-14(16)19/h4-6,9,12H,7-8,10H2,1-3H3,(H2,16,19)(H,17,20)/t12-/m0/s1. The number of nitrogens with two attached hydrogens (primary N) is 1. The van der Waals surface area contributed by atoms with Gasteiger partial charge in [-0.3, -0.25) is 14.5 Å². The van der Waals surface area contributed by atoms with Crippen LogP contribution in [0.4, 0.5) is 0 Å². The minimum Gasteiger partial charge on any atom is -0.492 e. The molecule has 0 saturated heterocycles. The van der Waals surface area contributed by atoms with Crippen molar-refractivity contribution >= 4 is 11.8 Å². The quantitative estimate of drug-likeness (QED) is 0.675. The molecule has 2 amide bonds. The maximum absolute atomic E-state index is 11.9. The summed E-state index contributed by atoms with van der Waals surface area (Å²) in [4.78, 5) is 24.3. The Balaban J connectivity index is 2.28. The van der Waals surface area contributed by atoms with Crippen LogP contribution in [0.25, 0.3) is 0 Å². The van der Waals surface area contributed by atoms with Crippen molar-refractivity contribution < 1.29 is 14.3 Å². The van der Waals surface area contributed by atoms with Crippen LogP contribution in [-0.4, -0.2) is 49.5 Å². The van der Waals surface area contributed by atoms with Crippen LogP contribution < -0.4 is 15.8 Å². The lowest BCUT2D eigenvalue weighted by Gasteiger charge is -2.22. The molecule has 0 saturated carbocycles. The van der Waals surface area contributed by atoms with E-state index in [1.807, 2.05) is 31.2 Å². The molecular formula is C15H23N3O3. The van der Waals surface area contributed by atoms with Gasteiger partial charge in [-0.25, -0.2) is 0 Å². The van der Waals surface area contributed by atoms with Gasteiger partial charge in [0.05, 0.1) is 19.1 Å². The Labute approximate surface area is 125 Å². The number of benzene rings is 1. The Morgan fingerprint density at radius 3 is 2.76 bits per heavy atom. The number of hydrogen-bond donors (Lipinski definition) is 2. The average molecular weight is 293 g/mol. The maximum Gasteiger partial charge on any atom is 0.237 e. The van der Waals surface area contributed by atoms with E-state index in [4.69, 9.17) is 10.5 Å². The summed E-state index contributed by atoms with van der Waals surface area (Å²) < 4.78 is 5.54. The minimum absolute atomic E-state index is 0.0500. The highest BCUT2D eigenvalue weighted by Gasteiger charge is 2.18. The van der Waals surface area contributed by atoms with Crippen LogP contribution in [-0.2, 0) is 9.59 Å². The van der Waals surface area contributed by atoms with Gasteiger partial charge in [-0.05, 0) is 38.6 Å². The lowest BCUT2D eigenvalue weighted by Crippen LogP contribution is -2.46. The molecule has 0 aromatic heterocycles. The highest BCUT2D eigenvalue weighted by molar-refractivity contribution is 5.82. The molecule has 1 aromatic rings. The molecule has 1 rings (SSSR count). The first kappa shape index (κ1) is 17.0. The van der Waals surface area contributed by atoms with E-state index in [2.05, 4.69) is 5.32 Å². The second kappa shape index (κ2) is 8.26. The number of primary amides is 1. The summed E-state index contributed by atoms with van der Waals surface area (Å²) in [5.74, 6) is 0.162. The van der Waals surface area contributed by atoms with Gasteiger partial charge in [0.2, 0.25) is 11.8 Å². The van der Waals surface area contributed by atoms with E-state index in [0.29, 0.717) is 13.2 Å². The third-order valence-electron chi connectivity index (χ3n) is 3.11. The zero-order chi connectivity index (χ0) is 15.8. The molecule has 0 fully saturated rings. The third kappa shape index (κ3) is 6.27. The van der Waals surface area contributed by atoms with Crippen molar-refractivity contribution in [2.45, 2.75) is 19.9 Å². The van der Waals surface area contributed by atoms with Crippen molar-refractivity contribution in [2.75, 3.05) is 26.7 Å². The molecular weight excluding hydrogens is 270 g/mol. The highest BCUT2D eigenvalue weighted by Crippen LogP contribution is 2.11. The molecule has 0 spiro atoms. The number of aryl methyl sites for hydroxylation is 1. The number of ether oxygens (including phenoxy) is 1. The molecule has 1 aromatic carbocycles. The molecule has 0 aliphatic heterocycles. The van der Waals surface area contributed by atoms with E-state index >= 15 is 0 Å². The molecule has 116 valence electrons. The Morgan fingerprint density at radius 1 is 1.43 bits per heavy atom. The summed E-state index contributed by atoms with van der Waals surface area (Å²) in [6, 6.07) is 7.30. The second-order valence-electron chi connectivity index (χ2n) is 5.01. The number of rotatable bonds is 8. The smallest absolute Gasteiger partial charge is 0.237 e. The highest BCUT2D eigenvalue weighted by atomic mass is 16.5. The summed E-state index contributed by atoms with van der Waals surface area (Å²) in [7, 11) is 1.68. The van der Waals surface area contributed by atoms with Crippen molar-refractivity contribution in [3.8, 4) is 5.75 Å². The van der Waals surface area contributed by atoms with Gasteiger partial charge < -0.3 is 15.8 Å². The number of carbonyl (C=O) groups is 2. The molecule has 0 aliphatic rings. The van der Waals surface area contributed by atoms with Crippen molar-refractivity contribution in [2.24, 2.45) is 5.73 Å². The SMILES string of the molecule is Cc1cccc(OCCNC(=O)[C@H](C)N(C)CC(N)=O)c1. The van der Waals surface area contributed by atoms with Gasteiger partial charge in [0.15, 0.2) is 0 Å². The van der Waals surface area contributed by atoms with Crippen LogP contribution in [0.2, 0.25) is 0 Å². The molecule has 0 bridgehead atoms. The van der Waals surface area contributed by atoms with Gasteiger partial charge in [0, 0.05) is 0 Å². The fourth-order valence-electron chi connectivity index (χ4n) is 1.78. The Kier molecular flexibility index (Phi) is 6.68. The second-order valence-corrected chi connectivity index (χ2v) is 5.01. The number of nitrogens with zero attached hydrogens (tertiary/aromatic N) is 1. The first-order chi connectivity index (χ1) is 9.90. The van der Waals surface area contributed by atoms with Crippen LogP contribution in [0.1, 0.15) is 12.5 Å². The van der Waals surface area contributed by atoms with E-state index in [1.54, 1.807) is 18.9 Å². The normalized spacial score (nSPS) is 12.0. The maximum atomic E-state index is 11.9. The van der Waals surface area contributed by atoms with E-state index in [0.717, 1.165) is 11.3 Å². The van der Waals surface area contributed by atoms with E-state index in [9.17, 15) is 9.59 Å². The number of carbonyl (C=O) groups excluding carboxylic acids is 2. The lowest BCUT2D eigenvalue weighted by atomic mass is 10.2. The number of hydrogen-bond acceptors (Lipinski definition) is 4. The summed E-state index contributed by atoms with van der Waals surface area (Å²) >= 11 is 0. The first-order valence-corrected chi connectivity index (χ1v) is 6.86. The zero-order valence-corrected chi connectivity index (χ0v) is 12.8. The van der Waals surface area contributed by atoms with Crippen molar-refractivity contribution in [3.05, 3.63) is 29.8 Å². The summed E-state index contributed by atoms with van der Waals surface area (Å²) in [6.45, 7) is 4.56. The summed E-state index contributed by atoms with van der Waals surface area (Å²) in [5, 5.41) is 2.76. The Hall–Kier alpha value is -2.08. The predicted octanol–water partition coefficient (Wildman–Crippen LogP) is 0.296. The van der Waals surface area contributed by atoms with Crippen molar-refractivity contribution in [1.29, 1.82) is 0 Å². The van der Waals surface area contributed by atoms with Crippen molar-refractivity contribution in [3.63, 3.8) is 0 Å². The molecule has 6 nitrogen and oxygen atoms in total. The molecule has 3 N–H and O–H groups in total. The molecule has 0 unspecified atom stereocenters. The molecule has 1 atom stereocenters. The van der Waals surface area contributed by atoms with Crippen LogP contribution in [0, 0.1) is 6.92 Å². The summed E-state index contributed by atoms with van der Waals surface area (Å²) in [6.07, 6.45) is 0. The minimum atomic E-state index is -0.458. The van der Waals surface area contributed by atoms with Gasteiger partial charge in [0.25, 0.3) is 0 Å². The van der Waals surface area contributed by atoms with E-state index in [-0.39, 0.29) is 12.5 Å². The Bertz CT molecular complexity index is 491. The van der Waals surface area contributed by atoms with Gasteiger partial charge >= 0.3 is 0 Å².